The Morgan fingerprint density at radius 2 is 1.71 bits per heavy atom. The van der Waals surface area contributed by atoms with Crippen LogP contribution in [0.25, 0.3) is 0 Å². The second kappa shape index (κ2) is 7.34. The van der Waals surface area contributed by atoms with Crippen LogP contribution in [0.4, 0.5) is 0 Å². The van der Waals surface area contributed by atoms with E-state index in [0.29, 0.717) is 25.2 Å². The molecule has 3 nitrogen and oxygen atoms in total. The second-order valence-electron chi connectivity index (χ2n) is 5.40. The molecule has 0 N–H and O–H groups in total. The number of ether oxygens (including phenoxy) is 3. The molecule has 0 spiro atoms. The van der Waals surface area contributed by atoms with E-state index in [1.807, 2.05) is 0 Å². The molecule has 0 radical (unpaired) electrons. The van der Waals surface area contributed by atoms with Gasteiger partial charge in [-0.3, -0.25) is 0 Å². The summed E-state index contributed by atoms with van der Waals surface area (Å²) in [5.41, 5.74) is 0.00778. The monoisotopic (exact) mass is 244 g/mol. The summed E-state index contributed by atoms with van der Waals surface area (Å²) in [4.78, 5) is 0. The largest absolute Gasteiger partial charge is 0.384 e. The summed E-state index contributed by atoms with van der Waals surface area (Å²) < 4.78 is 16.8. The molecule has 1 unspecified atom stereocenters. The molecular formula is C14H28O3. The highest BCUT2D eigenvalue weighted by Crippen LogP contribution is 2.33. The first kappa shape index (κ1) is 14.9. The minimum Gasteiger partial charge on any atom is -0.384 e. The first-order chi connectivity index (χ1) is 8.18. The topological polar surface area (TPSA) is 27.7 Å². The fourth-order valence-corrected chi connectivity index (χ4v) is 2.38. The van der Waals surface area contributed by atoms with Crippen molar-refractivity contribution in [2.75, 3.05) is 34.0 Å². The van der Waals surface area contributed by atoms with Crippen molar-refractivity contribution < 1.29 is 14.2 Å². The van der Waals surface area contributed by atoms with Gasteiger partial charge in [0.15, 0.2) is 0 Å². The molecule has 0 aromatic carbocycles. The summed E-state index contributed by atoms with van der Waals surface area (Å²) in [5, 5.41) is 0. The number of rotatable bonds is 9. The molecule has 0 aromatic heterocycles. The van der Waals surface area contributed by atoms with Crippen molar-refractivity contribution in [1.29, 1.82) is 0 Å². The normalized spacial score (nSPS) is 19.1. The van der Waals surface area contributed by atoms with Gasteiger partial charge in [-0.1, -0.05) is 20.3 Å². The average Bonchev–Trinajstić information content (AvgIpc) is 2.26. The van der Waals surface area contributed by atoms with Crippen LogP contribution in [0.1, 0.15) is 39.5 Å². The Labute approximate surface area is 106 Å². The highest BCUT2D eigenvalue weighted by molar-refractivity contribution is 4.85. The van der Waals surface area contributed by atoms with Crippen molar-refractivity contribution in [3.63, 3.8) is 0 Å². The van der Waals surface area contributed by atoms with Crippen molar-refractivity contribution >= 4 is 0 Å². The van der Waals surface area contributed by atoms with Crippen molar-refractivity contribution in [2.45, 2.75) is 45.6 Å². The molecule has 1 fully saturated rings. The lowest BCUT2D eigenvalue weighted by Crippen LogP contribution is -2.44. The molecule has 17 heavy (non-hydrogen) atoms. The Kier molecular flexibility index (Phi) is 6.45. The van der Waals surface area contributed by atoms with Gasteiger partial charge in [0.25, 0.3) is 0 Å². The van der Waals surface area contributed by atoms with Crippen LogP contribution in [0.5, 0.6) is 0 Å². The summed E-state index contributed by atoms with van der Waals surface area (Å²) >= 11 is 0. The van der Waals surface area contributed by atoms with Crippen molar-refractivity contribution in [3.8, 4) is 0 Å². The summed E-state index contributed by atoms with van der Waals surface area (Å²) in [6.45, 7) is 6.66. The Morgan fingerprint density at radius 1 is 1.12 bits per heavy atom. The number of methoxy groups -OCH3 is 2. The third-order valence-electron chi connectivity index (χ3n) is 4.18. The predicted molar refractivity (Wildman–Crippen MR) is 69.2 cm³/mol. The van der Waals surface area contributed by atoms with E-state index in [1.165, 1.54) is 19.3 Å². The molecule has 0 bridgehead atoms. The van der Waals surface area contributed by atoms with E-state index in [2.05, 4.69) is 13.8 Å². The predicted octanol–water partition coefficient (Wildman–Crippen LogP) is 2.88. The van der Waals surface area contributed by atoms with Gasteiger partial charge in [-0.15, -0.1) is 0 Å². The van der Waals surface area contributed by atoms with Crippen LogP contribution in [0.3, 0.4) is 0 Å². The van der Waals surface area contributed by atoms with Gasteiger partial charge in [0.2, 0.25) is 0 Å². The molecule has 102 valence electrons. The fourth-order valence-electron chi connectivity index (χ4n) is 2.38. The van der Waals surface area contributed by atoms with Crippen LogP contribution in [0.2, 0.25) is 0 Å². The van der Waals surface area contributed by atoms with Gasteiger partial charge in [0, 0.05) is 19.6 Å². The van der Waals surface area contributed by atoms with Gasteiger partial charge in [-0.05, 0) is 25.2 Å². The van der Waals surface area contributed by atoms with E-state index in [-0.39, 0.29) is 5.41 Å². The number of hydrogen-bond donors (Lipinski definition) is 0. The summed E-state index contributed by atoms with van der Waals surface area (Å²) in [6.07, 6.45) is 5.36. The smallest absolute Gasteiger partial charge is 0.0575 e. The van der Waals surface area contributed by atoms with E-state index < -0.39 is 0 Å². The first-order valence-corrected chi connectivity index (χ1v) is 6.78. The van der Waals surface area contributed by atoms with E-state index in [1.54, 1.807) is 14.2 Å². The minimum absolute atomic E-state index is 0.00778. The zero-order chi connectivity index (χ0) is 12.7. The second-order valence-corrected chi connectivity index (χ2v) is 5.40. The maximum atomic E-state index is 6.01. The zero-order valence-corrected chi connectivity index (χ0v) is 11.8. The summed E-state index contributed by atoms with van der Waals surface area (Å²) in [6, 6.07) is 0. The Bertz CT molecular complexity index is 196. The van der Waals surface area contributed by atoms with E-state index >= 15 is 0 Å². The lowest BCUT2D eigenvalue weighted by Gasteiger charge is -2.39. The van der Waals surface area contributed by atoms with Gasteiger partial charge in [-0.2, -0.15) is 0 Å². The molecule has 0 aromatic rings. The van der Waals surface area contributed by atoms with E-state index in [4.69, 9.17) is 14.2 Å². The quantitative estimate of drug-likeness (QED) is 0.624. The maximum absolute atomic E-state index is 6.01. The zero-order valence-electron chi connectivity index (χ0n) is 11.8. The van der Waals surface area contributed by atoms with Gasteiger partial charge >= 0.3 is 0 Å². The first-order valence-electron chi connectivity index (χ1n) is 6.78. The third-order valence-corrected chi connectivity index (χ3v) is 4.18. The molecule has 0 aliphatic heterocycles. The van der Waals surface area contributed by atoms with Gasteiger partial charge < -0.3 is 14.2 Å². The van der Waals surface area contributed by atoms with Gasteiger partial charge in [0.05, 0.1) is 25.9 Å². The average molecular weight is 244 g/mol. The molecule has 1 aliphatic carbocycles. The Hall–Kier alpha value is -0.120. The molecule has 0 amide bonds. The summed E-state index contributed by atoms with van der Waals surface area (Å²) in [5.74, 6) is 0.544. The van der Waals surface area contributed by atoms with Crippen LogP contribution < -0.4 is 0 Å². The molecule has 1 saturated carbocycles. The lowest BCUT2D eigenvalue weighted by atomic mass is 9.76. The van der Waals surface area contributed by atoms with Gasteiger partial charge in [0.1, 0.15) is 0 Å². The lowest BCUT2D eigenvalue weighted by molar-refractivity contribution is -0.112. The van der Waals surface area contributed by atoms with Crippen LogP contribution in [-0.2, 0) is 14.2 Å². The third kappa shape index (κ3) is 3.94. The molecule has 0 heterocycles. The van der Waals surface area contributed by atoms with Crippen molar-refractivity contribution in [2.24, 2.45) is 11.3 Å². The summed E-state index contributed by atoms with van der Waals surface area (Å²) in [7, 11) is 3.52. The maximum Gasteiger partial charge on any atom is 0.0575 e. The highest BCUT2D eigenvalue weighted by atomic mass is 16.5. The van der Waals surface area contributed by atoms with Crippen LogP contribution in [-0.4, -0.2) is 40.1 Å². The number of hydrogen-bond acceptors (Lipinski definition) is 3. The van der Waals surface area contributed by atoms with Crippen LogP contribution in [0, 0.1) is 11.3 Å². The fraction of sp³-hybridized carbons (Fsp3) is 1.00. The highest BCUT2D eigenvalue weighted by Gasteiger charge is 2.37. The SMILES string of the molecule is CCC(C)C(COC)(COC)COC1CCC1. The van der Waals surface area contributed by atoms with E-state index in [9.17, 15) is 0 Å². The Balaban J connectivity index is 2.57. The van der Waals surface area contributed by atoms with Crippen LogP contribution in [0.15, 0.2) is 0 Å². The minimum atomic E-state index is 0.00778. The molecule has 3 heteroatoms. The molecule has 1 aliphatic rings. The molecule has 0 saturated heterocycles. The van der Waals surface area contributed by atoms with Crippen LogP contribution >= 0.6 is 0 Å². The van der Waals surface area contributed by atoms with E-state index in [0.717, 1.165) is 13.0 Å². The standard InChI is InChI=1S/C14H28O3/c1-5-12(2)14(9-15-3,10-16-4)11-17-13-7-6-8-13/h12-13H,5-11H2,1-4H3. The Morgan fingerprint density at radius 3 is 2.06 bits per heavy atom. The molecule has 1 rings (SSSR count). The van der Waals surface area contributed by atoms with Gasteiger partial charge in [-0.25, -0.2) is 0 Å². The van der Waals surface area contributed by atoms with Crippen molar-refractivity contribution in [1.82, 2.24) is 0 Å². The van der Waals surface area contributed by atoms with Crippen molar-refractivity contribution in [3.05, 3.63) is 0 Å². The molecular weight excluding hydrogens is 216 g/mol. The molecule has 1 atom stereocenters.